The number of terminal acetylenes is 1. The molecule has 1 amide bonds. The number of morpholine rings is 1. The Balaban J connectivity index is 1.49. The van der Waals surface area contributed by atoms with E-state index in [2.05, 4.69) is 12.0 Å². The first-order valence-corrected chi connectivity index (χ1v) is 9.09. The molecule has 0 radical (unpaired) electrons. The molecule has 4 rings (SSSR count). The molecule has 4 heteroatoms. The lowest BCUT2D eigenvalue weighted by atomic mass is 9.90. The van der Waals surface area contributed by atoms with Crippen molar-refractivity contribution in [2.45, 2.75) is 25.1 Å². The molecule has 1 fully saturated rings. The first kappa shape index (κ1) is 17.4. The molecule has 2 aliphatic rings. The van der Waals surface area contributed by atoms with Crippen LogP contribution in [0.15, 0.2) is 60.7 Å². The highest BCUT2D eigenvalue weighted by molar-refractivity contribution is 5.74. The summed E-state index contributed by atoms with van der Waals surface area (Å²) < 4.78 is 11.2. The zero-order valence-corrected chi connectivity index (χ0v) is 15.0. The van der Waals surface area contributed by atoms with E-state index in [4.69, 9.17) is 15.9 Å². The number of ether oxygens (including phenoxy) is 2. The Morgan fingerprint density at radius 2 is 1.93 bits per heavy atom. The summed E-state index contributed by atoms with van der Waals surface area (Å²) in [4.78, 5) is 14.5. The first-order chi connectivity index (χ1) is 13.2. The van der Waals surface area contributed by atoms with Crippen LogP contribution in [0.5, 0.6) is 0 Å². The second kappa shape index (κ2) is 7.69. The van der Waals surface area contributed by atoms with Crippen LogP contribution in [0, 0.1) is 12.3 Å². The summed E-state index contributed by atoms with van der Waals surface area (Å²) in [5.41, 5.74) is 4.21. The van der Waals surface area contributed by atoms with Crippen LogP contribution in [-0.4, -0.2) is 36.3 Å². The van der Waals surface area contributed by atoms with Crippen LogP contribution in [0.3, 0.4) is 0 Å². The highest BCUT2D eigenvalue weighted by atomic mass is 16.6. The summed E-state index contributed by atoms with van der Waals surface area (Å²) in [6.07, 6.45) is 8.01. The van der Waals surface area contributed by atoms with Crippen molar-refractivity contribution in [1.29, 1.82) is 0 Å². The van der Waals surface area contributed by atoms with E-state index in [1.165, 1.54) is 5.57 Å². The van der Waals surface area contributed by atoms with Gasteiger partial charge in [-0.1, -0.05) is 54.5 Å². The molecule has 2 unspecified atom stereocenters. The lowest BCUT2D eigenvalue weighted by Crippen LogP contribution is -2.56. The SMILES string of the molecule is C#Cc1ccc(C2=CC3COCC(C2)N3C(=O)OCc2ccccc2)cc1. The standard InChI is InChI=1S/C23H21NO3/c1-2-17-8-10-19(11-9-17)20-12-21-15-26-16-22(13-20)24(21)23(25)27-14-18-6-4-3-5-7-18/h1,3-12,21-22H,13-16H2. The molecule has 27 heavy (non-hydrogen) atoms. The van der Waals surface area contributed by atoms with Gasteiger partial charge >= 0.3 is 6.09 Å². The Bertz CT molecular complexity index is 880. The number of carbonyl (C=O) groups is 1. The predicted molar refractivity (Wildman–Crippen MR) is 104 cm³/mol. The Labute approximate surface area is 159 Å². The highest BCUT2D eigenvalue weighted by Gasteiger charge is 2.39. The van der Waals surface area contributed by atoms with E-state index in [1.807, 2.05) is 59.5 Å². The summed E-state index contributed by atoms with van der Waals surface area (Å²) in [7, 11) is 0. The monoisotopic (exact) mass is 359 g/mol. The quantitative estimate of drug-likeness (QED) is 0.781. The lowest BCUT2D eigenvalue weighted by molar-refractivity contribution is -0.0342. The zero-order chi connectivity index (χ0) is 18.6. The average molecular weight is 359 g/mol. The fourth-order valence-corrected chi connectivity index (χ4v) is 3.67. The topological polar surface area (TPSA) is 38.8 Å². The van der Waals surface area contributed by atoms with Gasteiger partial charge in [0.1, 0.15) is 6.61 Å². The van der Waals surface area contributed by atoms with Gasteiger partial charge in [0.05, 0.1) is 25.3 Å². The maximum absolute atomic E-state index is 12.7. The van der Waals surface area contributed by atoms with E-state index in [0.29, 0.717) is 13.2 Å². The van der Waals surface area contributed by atoms with Crippen LogP contribution < -0.4 is 0 Å². The van der Waals surface area contributed by atoms with Gasteiger partial charge in [-0.2, -0.15) is 0 Å². The average Bonchev–Trinajstić information content (AvgIpc) is 2.72. The smallest absolute Gasteiger partial charge is 0.411 e. The van der Waals surface area contributed by atoms with Crippen LogP contribution >= 0.6 is 0 Å². The van der Waals surface area contributed by atoms with Crippen molar-refractivity contribution in [2.24, 2.45) is 0 Å². The third-order valence-electron chi connectivity index (χ3n) is 5.04. The van der Waals surface area contributed by atoms with Gasteiger partial charge in [-0.3, -0.25) is 4.90 Å². The number of nitrogens with zero attached hydrogens (tertiary/aromatic N) is 1. The molecule has 0 aromatic heterocycles. The van der Waals surface area contributed by atoms with Gasteiger partial charge in [0.25, 0.3) is 0 Å². The number of hydrogen-bond acceptors (Lipinski definition) is 3. The lowest BCUT2D eigenvalue weighted by Gasteiger charge is -2.43. The van der Waals surface area contributed by atoms with Crippen LogP contribution in [0.25, 0.3) is 5.57 Å². The number of fused-ring (bicyclic) bond motifs is 2. The van der Waals surface area contributed by atoms with E-state index < -0.39 is 0 Å². The molecule has 2 aliphatic heterocycles. The maximum Gasteiger partial charge on any atom is 0.411 e. The minimum Gasteiger partial charge on any atom is -0.445 e. The summed E-state index contributed by atoms with van der Waals surface area (Å²) in [5.74, 6) is 2.64. The number of amides is 1. The van der Waals surface area contributed by atoms with Gasteiger partial charge in [0, 0.05) is 5.56 Å². The Hall–Kier alpha value is -3.03. The molecule has 136 valence electrons. The summed E-state index contributed by atoms with van der Waals surface area (Å²) in [6.45, 7) is 1.29. The van der Waals surface area contributed by atoms with Crippen molar-refractivity contribution < 1.29 is 14.3 Å². The summed E-state index contributed by atoms with van der Waals surface area (Å²) in [6, 6.07) is 17.6. The maximum atomic E-state index is 12.7. The molecule has 2 aromatic carbocycles. The van der Waals surface area contributed by atoms with Crippen LogP contribution in [0.1, 0.15) is 23.1 Å². The number of hydrogen-bond donors (Lipinski definition) is 0. The van der Waals surface area contributed by atoms with Crippen molar-refractivity contribution in [3.05, 3.63) is 77.4 Å². The largest absolute Gasteiger partial charge is 0.445 e. The third kappa shape index (κ3) is 3.74. The van der Waals surface area contributed by atoms with E-state index >= 15 is 0 Å². The summed E-state index contributed by atoms with van der Waals surface area (Å²) >= 11 is 0. The van der Waals surface area contributed by atoms with E-state index in [0.717, 1.165) is 23.1 Å². The Morgan fingerprint density at radius 1 is 1.15 bits per heavy atom. The number of rotatable bonds is 3. The predicted octanol–water partition coefficient (Wildman–Crippen LogP) is 3.86. The first-order valence-electron chi connectivity index (χ1n) is 9.09. The molecule has 2 heterocycles. The minimum absolute atomic E-state index is 0.0145. The number of carbonyl (C=O) groups excluding carboxylic acids is 1. The minimum atomic E-state index is -0.282. The Kier molecular flexibility index (Phi) is 4.95. The normalized spacial score (nSPS) is 21.1. The van der Waals surface area contributed by atoms with Crippen LogP contribution in [0.4, 0.5) is 4.79 Å². The second-order valence-corrected chi connectivity index (χ2v) is 6.82. The van der Waals surface area contributed by atoms with Crippen molar-refractivity contribution in [3.8, 4) is 12.3 Å². The van der Waals surface area contributed by atoms with Gasteiger partial charge in [-0.15, -0.1) is 6.42 Å². The van der Waals surface area contributed by atoms with E-state index in [9.17, 15) is 4.79 Å². The summed E-state index contributed by atoms with van der Waals surface area (Å²) in [5, 5.41) is 0. The van der Waals surface area contributed by atoms with Gasteiger partial charge in [0.2, 0.25) is 0 Å². The van der Waals surface area contributed by atoms with Crippen LogP contribution in [0.2, 0.25) is 0 Å². The molecule has 2 aromatic rings. The van der Waals surface area contributed by atoms with Gasteiger partial charge < -0.3 is 9.47 Å². The van der Waals surface area contributed by atoms with Crippen molar-refractivity contribution in [1.82, 2.24) is 4.90 Å². The molecular formula is C23H21NO3. The van der Waals surface area contributed by atoms with Crippen molar-refractivity contribution in [3.63, 3.8) is 0 Å². The molecule has 2 atom stereocenters. The Morgan fingerprint density at radius 3 is 2.63 bits per heavy atom. The molecule has 0 spiro atoms. The fraction of sp³-hybridized carbons (Fsp3) is 0.261. The second-order valence-electron chi connectivity index (χ2n) is 6.82. The molecule has 0 saturated carbocycles. The van der Waals surface area contributed by atoms with Gasteiger partial charge in [-0.05, 0) is 35.3 Å². The van der Waals surface area contributed by atoms with Crippen LogP contribution in [-0.2, 0) is 16.1 Å². The molecule has 2 bridgehead atoms. The van der Waals surface area contributed by atoms with Gasteiger partial charge in [0.15, 0.2) is 0 Å². The van der Waals surface area contributed by atoms with E-state index in [1.54, 1.807) is 0 Å². The van der Waals surface area contributed by atoms with Crippen molar-refractivity contribution >= 4 is 11.7 Å². The molecular weight excluding hydrogens is 338 g/mol. The highest BCUT2D eigenvalue weighted by Crippen LogP contribution is 2.33. The van der Waals surface area contributed by atoms with Gasteiger partial charge in [-0.25, -0.2) is 4.79 Å². The zero-order valence-electron chi connectivity index (χ0n) is 15.0. The third-order valence-corrected chi connectivity index (χ3v) is 5.04. The number of benzene rings is 2. The fourth-order valence-electron chi connectivity index (χ4n) is 3.67. The molecule has 0 N–H and O–H groups in total. The van der Waals surface area contributed by atoms with E-state index in [-0.39, 0.29) is 24.8 Å². The molecule has 4 nitrogen and oxygen atoms in total. The van der Waals surface area contributed by atoms with Crippen molar-refractivity contribution in [2.75, 3.05) is 13.2 Å². The molecule has 1 saturated heterocycles. The molecule has 0 aliphatic carbocycles.